The van der Waals surface area contributed by atoms with Gasteiger partial charge < -0.3 is 0 Å². The SMILES string of the molecule is CC.[Ti+2].c1cc[cH-]c1.c1cc[cH-]c1. The second-order valence-corrected chi connectivity index (χ2v) is 1.92. The third-order valence-electron chi connectivity index (χ3n) is 1.11. The molecule has 0 fully saturated rings. The van der Waals surface area contributed by atoms with Gasteiger partial charge in [-0.25, -0.2) is 24.3 Å². The molecule has 0 nitrogen and oxygen atoms in total. The molecule has 13 heavy (non-hydrogen) atoms. The second kappa shape index (κ2) is 14.0. The second-order valence-electron chi connectivity index (χ2n) is 1.92. The first-order chi connectivity index (χ1) is 6.00. The summed E-state index contributed by atoms with van der Waals surface area (Å²) < 4.78 is 0. The van der Waals surface area contributed by atoms with Crippen LogP contribution in [0.3, 0.4) is 0 Å². The molecule has 2 aromatic carbocycles. The van der Waals surface area contributed by atoms with Gasteiger partial charge in [-0.05, 0) is 0 Å². The Morgan fingerprint density at radius 2 is 0.846 bits per heavy atom. The van der Waals surface area contributed by atoms with Crippen molar-refractivity contribution < 1.29 is 21.7 Å². The summed E-state index contributed by atoms with van der Waals surface area (Å²) in [5.41, 5.74) is 0. The van der Waals surface area contributed by atoms with E-state index >= 15 is 0 Å². The molecule has 0 aromatic heterocycles. The van der Waals surface area contributed by atoms with E-state index in [1.54, 1.807) is 0 Å². The molecular formula is C12H16Ti. The molecular weight excluding hydrogens is 192 g/mol. The minimum atomic E-state index is 0. The minimum absolute atomic E-state index is 0. The minimum Gasteiger partial charge on any atom is -0.214 e. The van der Waals surface area contributed by atoms with Gasteiger partial charge in [0.25, 0.3) is 0 Å². The Bertz CT molecular complexity index is 144. The van der Waals surface area contributed by atoms with Gasteiger partial charge in [0, 0.05) is 0 Å². The van der Waals surface area contributed by atoms with Gasteiger partial charge in [-0.3, -0.25) is 0 Å². The Morgan fingerprint density at radius 1 is 0.615 bits per heavy atom. The van der Waals surface area contributed by atoms with Crippen molar-refractivity contribution in [2.24, 2.45) is 0 Å². The Balaban J connectivity index is 0. The average molecular weight is 208 g/mol. The van der Waals surface area contributed by atoms with Crippen LogP contribution in [-0.2, 0) is 21.7 Å². The van der Waals surface area contributed by atoms with Gasteiger partial charge >= 0.3 is 21.7 Å². The topological polar surface area (TPSA) is 0 Å². The molecule has 0 aliphatic rings. The molecule has 0 heterocycles. The zero-order valence-corrected chi connectivity index (χ0v) is 9.84. The smallest absolute Gasteiger partial charge is 0.214 e. The van der Waals surface area contributed by atoms with E-state index in [4.69, 9.17) is 0 Å². The zero-order valence-electron chi connectivity index (χ0n) is 8.27. The average Bonchev–Trinajstić information content (AvgIpc) is 2.87. The molecule has 2 aromatic rings. The van der Waals surface area contributed by atoms with E-state index < -0.39 is 0 Å². The molecule has 0 atom stereocenters. The summed E-state index contributed by atoms with van der Waals surface area (Å²) in [4.78, 5) is 0. The monoisotopic (exact) mass is 208 g/mol. The van der Waals surface area contributed by atoms with Crippen molar-refractivity contribution in [1.29, 1.82) is 0 Å². The van der Waals surface area contributed by atoms with Gasteiger partial charge in [-0.15, -0.1) is 0 Å². The first-order valence-corrected chi connectivity index (χ1v) is 4.33. The van der Waals surface area contributed by atoms with Crippen molar-refractivity contribution in [2.75, 3.05) is 0 Å². The summed E-state index contributed by atoms with van der Waals surface area (Å²) in [6.45, 7) is 4.00. The fourth-order valence-electron chi connectivity index (χ4n) is 0.642. The standard InChI is InChI=1S/2C5H5.C2H6.Ti/c2*1-2-4-5-3-1;1-2;/h2*1-5H;1-2H3;/q2*-1;;+2. The molecule has 0 unspecified atom stereocenters. The molecule has 1 heteroatoms. The maximum Gasteiger partial charge on any atom is 2.00 e. The molecule has 0 radical (unpaired) electrons. The van der Waals surface area contributed by atoms with Crippen molar-refractivity contribution in [3.05, 3.63) is 60.7 Å². The van der Waals surface area contributed by atoms with Gasteiger partial charge in [0.2, 0.25) is 0 Å². The molecule has 0 saturated carbocycles. The Hall–Kier alpha value is -0.586. The fraction of sp³-hybridized carbons (Fsp3) is 0.167. The van der Waals surface area contributed by atoms with Crippen LogP contribution >= 0.6 is 0 Å². The van der Waals surface area contributed by atoms with Crippen LogP contribution in [-0.4, -0.2) is 0 Å². The van der Waals surface area contributed by atoms with E-state index in [-0.39, 0.29) is 21.7 Å². The van der Waals surface area contributed by atoms with Crippen molar-refractivity contribution in [3.63, 3.8) is 0 Å². The molecule has 2 rings (SSSR count). The van der Waals surface area contributed by atoms with Gasteiger partial charge in [0.15, 0.2) is 0 Å². The summed E-state index contributed by atoms with van der Waals surface area (Å²) in [6, 6.07) is 20.0. The molecule has 0 N–H and O–H groups in total. The Morgan fingerprint density at radius 3 is 0.923 bits per heavy atom. The van der Waals surface area contributed by atoms with E-state index in [1.807, 2.05) is 74.5 Å². The number of hydrogen-bond donors (Lipinski definition) is 0. The predicted octanol–water partition coefficient (Wildman–Crippen LogP) is 3.83. The largest absolute Gasteiger partial charge is 2.00 e. The van der Waals surface area contributed by atoms with Crippen molar-refractivity contribution >= 4 is 0 Å². The molecule has 0 aliphatic carbocycles. The van der Waals surface area contributed by atoms with Crippen LogP contribution < -0.4 is 0 Å². The van der Waals surface area contributed by atoms with Gasteiger partial charge in [-0.1, -0.05) is 13.8 Å². The van der Waals surface area contributed by atoms with Crippen LogP contribution in [0.5, 0.6) is 0 Å². The van der Waals surface area contributed by atoms with Gasteiger partial charge in [-0.2, -0.15) is 36.4 Å². The summed E-state index contributed by atoms with van der Waals surface area (Å²) in [7, 11) is 0. The summed E-state index contributed by atoms with van der Waals surface area (Å²) in [6.07, 6.45) is 0. The van der Waals surface area contributed by atoms with Crippen LogP contribution in [0.4, 0.5) is 0 Å². The van der Waals surface area contributed by atoms with Gasteiger partial charge in [0.1, 0.15) is 0 Å². The molecule has 0 saturated heterocycles. The van der Waals surface area contributed by atoms with Gasteiger partial charge in [0.05, 0.1) is 0 Å². The van der Waals surface area contributed by atoms with Crippen molar-refractivity contribution in [2.45, 2.75) is 13.8 Å². The summed E-state index contributed by atoms with van der Waals surface area (Å²) in [5.74, 6) is 0. The molecule has 0 spiro atoms. The normalized spacial score (nSPS) is 6.62. The third kappa shape index (κ3) is 11.4. The fourth-order valence-corrected chi connectivity index (χ4v) is 0.642. The van der Waals surface area contributed by atoms with Crippen LogP contribution in [0.1, 0.15) is 13.8 Å². The Kier molecular flexibility index (Phi) is 16.0. The van der Waals surface area contributed by atoms with Crippen LogP contribution in [0, 0.1) is 0 Å². The van der Waals surface area contributed by atoms with Crippen molar-refractivity contribution in [3.8, 4) is 0 Å². The van der Waals surface area contributed by atoms with E-state index in [0.29, 0.717) is 0 Å². The Labute approximate surface area is 96.2 Å². The number of rotatable bonds is 0. The third-order valence-corrected chi connectivity index (χ3v) is 1.11. The summed E-state index contributed by atoms with van der Waals surface area (Å²) in [5, 5.41) is 0. The predicted molar refractivity (Wildman–Crippen MR) is 55.4 cm³/mol. The molecule has 0 bridgehead atoms. The molecule has 68 valence electrons. The maximum atomic E-state index is 2.00. The first-order valence-electron chi connectivity index (χ1n) is 4.33. The van der Waals surface area contributed by atoms with E-state index in [2.05, 4.69) is 0 Å². The van der Waals surface area contributed by atoms with Crippen LogP contribution in [0.25, 0.3) is 0 Å². The molecule has 0 aliphatic heterocycles. The maximum absolute atomic E-state index is 2.00. The first kappa shape index (κ1) is 14.9. The van der Waals surface area contributed by atoms with Crippen LogP contribution in [0.15, 0.2) is 60.7 Å². The number of hydrogen-bond acceptors (Lipinski definition) is 0. The van der Waals surface area contributed by atoms with E-state index in [0.717, 1.165) is 0 Å². The van der Waals surface area contributed by atoms with E-state index in [9.17, 15) is 0 Å². The quantitative estimate of drug-likeness (QED) is 0.455. The zero-order chi connectivity index (χ0) is 9.07. The molecule has 0 amide bonds. The summed E-state index contributed by atoms with van der Waals surface area (Å²) >= 11 is 0. The van der Waals surface area contributed by atoms with Crippen molar-refractivity contribution in [1.82, 2.24) is 0 Å². The van der Waals surface area contributed by atoms with Crippen LogP contribution in [0.2, 0.25) is 0 Å². The van der Waals surface area contributed by atoms with E-state index in [1.165, 1.54) is 0 Å².